The highest BCUT2D eigenvalue weighted by atomic mass is 16.5. The van der Waals surface area contributed by atoms with Crippen molar-refractivity contribution < 1.29 is 4.74 Å². The number of hydrogen-bond donors (Lipinski definition) is 2. The molecule has 128 valence electrons. The third kappa shape index (κ3) is 5.91. The van der Waals surface area contributed by atoms with E-state index in [2.05, 4.69) is 58.7 Å². The average Bonchev–Trinajstić information content (AvgIpc) is 2.62. The van der Waals surface area contributed by atoms with Crippen molar-refractivity contribution in [3.63, 3.8) is 0 Å². The minimum absolute atomic E-state index is 0.413. The molecule has 1 unspecified atom stereocenters. The van der Waals surface area contributed by atoms with Crippen LogP contribution in [0.1, 0.15) is 24.0 Å². The summed E-state index contributed by atoms with van der Waals surface area (Å²) in [6.07, 6.45) is 3.43. The van der Waals surface area contributed by atoms with E-state index in [0.29, 0.717) is 19.1 Å². The average molecular weight is 326 g/mol. The number of aliphatic imine (C=N–C) groups is 1. The standard InChI is InChI=1S/C19H26N4O/c1-15-6-8-17(9-7-15)16(2)13-23-19(20-3)22-11-12-24-18-5-4-10-21-14-18/h4-10,14,16H,11-13H2,1-3H3,(H2,20,22,23). The van der Waals surface area contributed by atoms with Crippen molar-refractivity contribution in [1.29, 1.82) is 0 Å². The van der Waals surface area contributed by atoms with Gasteiger partial charge in [-0.3, -0.25) is 9.98 Å². The Morgan fingerprint density at radius 2 is 2.00 bits per heavy atom. The van der Waals surface area contributed by atoms with Gasteiger partial charge < -0.3 is 15.4 Å². The van der Waals surface area contributed by atoms with E-state index < -0.39 is 0 Å². The summed E-state index contributed by atoms with van der Waals surface area (Å²) in [6, 6.07) is 12.4. The van der Waals surface area contributed by atoms with Gasteiger partial charge in [0, 0.05) is 19.8 Å². The van der Waals surface area contributed by atoms with Gasteiger partial charge in [0.25, 0.3) is 0 Å². The third-order valence-electron chi connectivity index (χ3n) is 3.74. The lowest BCUT2D eigenvalue weighted by atomic mass is 10.0. The molecule has 5 heteroatoms. The van der Waals surface area contributed by atoms with E-state index in [-0.39, 0.29) is 0 Å². The fourth-order valence-electron chi connectivity index (χ4n) is 2.25. The second-order valence-electron chi connectivity index (χ2n) is 5.73. The molecule has 1 aromatic heterocycles. The molecule has 0 radical (unpaired) electrons. The van der Waals surface area contributed by atoms with Crippen molar-refractivity contribution in [2.45, 2.75) is 19.8 Å². The molecule has 0 saturated carbocycles. The van der Waals surface area contributed by atoms with Crippen LogP contribution < -0.4 is 15.4 Å². The molecule has 0 fully saturated rings. The van der Waals surface area contributed by atoms with Crippen molar-refractivity contribution in [1.82, 2.24) is 15.6 Å². The monoisotopic (exact) mass is 326 g/mol. The van der Waals surface area contributed by atoms with E-state index in [1.54, 1.807) is 19.4 Å². The Morgan fingerprint density at radius 3 is 2.67 bits per heavy atom. The van der Waals surface area contributed by atoms with Crippen LogP contribution in [0, 0.1) is 6.92 Å². The first-order valence-electron chi connectivity index (χ1n) is 8.23. The number of rotatable bonds is 7. The predicted octanol–water partition coefficient (Wildman–Crippen LogP) is 2.74. The normalized spacial score (nSPS) is 12.5. The number of aryl methyl sites for hydroxylation is 1. The molecule has 0 saturated heterocycles. The summed E-state index contributed by atoms with van der Waals surface area (Å²) in [5, 5.41) is 6.60. The van der Waals surface area contributed by atoms with Crippen LogP contribution in [0.25, 0.3) is 0 Å². The van der Waals surface area contributed by atoms with Gasteiger partial charge in [0.15, 0.2) is 5.96 Å². The van der Waals surface area contributed by atoms with Gasteiger partial charge in [-0.15, -0.1) is 0 Å². The first-order valence-corrected chi connectivity index (χ1v) is 8.23. The number of guanidine groups is 1. The van der Waals surface area contributed by atoms with Gasteiger partial charge in [-0.2, -0.15) is 0 Å². The van der Waals surface area contributed by atoms with Crippen molar-refractivity contribution in [3.8, 4) is 5.75 Å². The quantitative estimate of drug-likeness (QED) is 0.467. The Hall–Kier alpha value is -2.56. The molecular formula is C19H26N4O. The highest BCUT2D eigenvalue weighted by Gasteiger charge is 2.06. The van der Waals surface area contributed by atoms with Crippen molar-refractivity contribution in [3.05, 3.63) is 59.9 Å². The Bertz CT molecular complexity index is 626. The van der Waals surface area contributed by atoms with Crippen molar-refractivity contribution >= 4 is 5.96 Å². The SMILES string of the molecule is CN=C(NCCOc1cccnc1)NCC(C)c1ccc(C)cc1. The van der Waals surface area contributed by atoms with Crippen LogP contribution in [0.15, 0.2) is 53.8 Å². The zero-order valence-electron chi connectivity index (χ0n) is 14.6. The van der Waals surface area contributed by atoms with Gasteiger partial charge in [-0.05, 0) is 30.5 Å². The third-order valence-corrected chi connectivity index (χ3v) is 3.74. The van der Waals surface area contributed by atoms with Gasteiger partial charge >= 0.3 is 0 Å². The van der Waals surface area contributed by atoms with E-state index in [1.165, 1.54) is 11.1 Å². The zero-order valence-corrected chi connectivity index (χ0v) is 14.6. The molecule has 1 aromatic carbocycles. The topological polar surface area (TPSA) is 58.5 Å². The summed E-state index contributed by atoms with van der Waals surface area (Å²) in [5.41, 5.74) is 2.61. The lowest BCUT2D eigenvalue weighted by molar-refractivity contribution is 0.320. The Balaban J connectivity index is 1.69. The highest BCUT2D eigenvalue weighted by Crippen LogP contribution is 2.14. The molecule has 0 aliphatic rings. The predicted molar refractivity (Wildman–Crippen MR) is 98.7 cm³/mol. The minimum atomic E-state index is 0.413. The first kappa shape index (κ1) is 17.8. The van der Waals surface area contributed by atoms with Crippen LogP contribution in [-0.4, -0.2) is 37.7 Å². The fourth-order valence-corrected chi connectivity index (χ4v) is 2.25. The molecule has 2 N–H and O–H groups in total. The second kappa shape index (κ2) is 9.55. The van der Waals surface area contributed by atoms with E-state index in [0.717, 1.165) is 18.3 Å². The van der Waals surface area contributed by atoms with Gasteiger partial charge in [-0.1, -0.05) is 36.8 Å². The zero-order chi connectivity index (χ0) is 17.2. The molecule has 5 nitrogen and oxygen atoms in total. The Morgan fingerprint density at radius 1 is 1.21 bits per heavy atom. The molecule has 2 rings (SSSR count). The van der Waals surface area contributed by atoms with Gasteiger partial charge in [0.05, 0.1) is 12.7 Å². The van der Waals surface area contributed by atoms with E-state index in [1.807, 2.05) is 12.1 Å². The summed E-state index contributed by atoms with van der Waals surface area (Å²) in [4.78, 5) is 8.26. The van der Waals surface area contributed by atoms with Gasteiger partial charge in [-0.25, -0.2) is 0 Å². The fraction of sp³-hybridized carbons (Fsp3) is 0.368. The van der Waals surface area contributed by atoms with Crippen LogP contribution in [0.2, 0.25) is 0 Å². The number of nitrogens with one attached hydrogen (secondary N) is 2. The lowest BCUT2D eigenvalue weighted by Gasteiger charge is -2.16. The molecule has 1 atom stereocenters. The number of ether oxygens (including phenoxy) is 1. The summed E-state index contributed by atoms with van der Waals surface area (Å²) < 4.78 is 5.60. The molecule has 2 aromatic rings. The largest absolute Gasteiger partial charge is 0.490 e. The number of pyridine rings is 1. The van der Waals surface area contributed by atoms with Crippen LogP contribution in [0.3, 0.4) is 0 Å². The van der Waals surface area contributed by atoms with Gasteiger partial charge in [0.2, 0.25) is 0 Å². The molecule has 24 heavy (non-hydrogen) atoms. The van der Waals surface area contributed by atoms with Crippen LogP contribution >= 0.6 is 0 Å². The van der Waals surface area contributed by atoms with E-state index in [4.69, 9.17) is 4.74 Å². The molecule has 0 aliphatic heterocycles. The molecule has 0 amide bonds. The van der Waals surface area contributed by atoms with Gasteiger partial charge in [0.1, 0.15) is 12.4 Å². The number of benzene rings is 1. The van der Waals surface area contributed by atoms with Crippen LogP contribution in [0.4, 0.5) is 0 Å². The maximum absolute atomic E-state index is 5.60. The summed E-state index contributed by atoms with van der Waals surface area (Å²) in [7, 11) is 1.77. The Kier molecular flexibility index (Phi) is 7.08. The summed E-state index contributed by atoms with van der Waals surface area (Å²) >= 11 is 0. The van der Waals surface area contributed by atoms with Crippen LogP contribution in [0.5, 0.6) is 5.75 Å². The lowest BCUT2D eigenvalue weighted by Crippen LogP contribution is -2.40. The second-order valence-corrected chi connectivity index (χ2v) is 5.73. The number of nitrogens with zero attached hydrogens (tertiary/aromatic N) is 2. The van der Waals surface area contributed by atoms with Crippen LogP contribution in [-0.2, 0) is 0 Å². The maximum Gasteiger partial charge on any atom is 0.191 e. The number of aromatic nitrogens is 1. The molecule has 0 aliphatic carbocycles. The first-order chi connectivity index (χ1) is 11.7. The molecule has 1 heterocycles. The van der Waals surface area contributed by atoms with Crippen molar-refractivity contribution in [2.24, 2.45) is 4.99 Å². The highest BCUT2D eigenvalue weighted by molar-refractivity contribution is 5.79. The minimum Gasteiger partial charge on any atom is -0.490 e. The smallest absolute Gasteiger partial charge is 0.191 e. The maximum atomic E-state index is 5.60. The Labute approximate surface area is 144 Å². The molecule has 0 spiro atoms. The summed E-state index contributed by atoms with van der Waals surface area (Å²) in [6.45, 7) is 6.36. The van der Waals surface area contributed by atoms with E-state index in [9.17, 15) is 0 Å². The summed E-state index contributed by atoms with van der Waals surface area (Å²) in [5.74, 6) is 1.97. The molecule has 0 bridgehead atoms. The van der Waals surface area contributed by atoms with E-state index >= 15 is 0 Å². The molecular weight excluding hydrogens is 300 g/mol. The number of hydrogen-bond acceptors (Lipinski definition) is 3. The van der Waals surface area contributed by atoms with Crippen molar-refractivity contribution in [2.75, 3.05) is 26.7 Å².